The Labute approximate surface area is 247 Å². The molecule has 16 unspecified atom stereocenters. The molecule has 1 N–H and O–H groups in total. The number of carbonyl (C=O) groups is 1. The summed E-state index contributed by atoms with van der Waals surface area (Å²) in [6.45, 7) is 0. The number of fused-ring (bicyclic) bond motifs is 19. The van der Waals surface area contributed by atoms with Crippen LogP contribution in [0, 0.1) is 77.1 Å². The molecule has 41 heavy (non-hydrogen) atoms. The van der Waals surface area contributed by atoms with Crippen LogP contribution in [0.5, 0.6) is 0 Å². The molecule has 6 saturated carbocycles. The second-order valence-electron chi connectivity index (χ2n) is 14.7. The SMILES string of the molecule is C1C2OC2CC2C1C1CC2C2C1CC1OC12.O=C(OO)c1cccc(Cl)c1.[C+]1=CC2C3CC(C2C1)C1CC=CCC31. The summed E-state index contributed by atoms with van der Waals surface area (Å²) < 4.78 is 11.6. The lowest BCUT2D eigenvalue weighted by Gasteiger charge is -2.40. The minimum Gasteiger partial charge on any atom is -0.370 e. The monoisotopic (exact) mass is 575 g/mol. The highest BCUT2D eigenvalue weighted by molar-refractivity contribution is 6.30. The molecular weight excluding hydrogens is 536 g/mol. The van der Waals surface area contributed by atoms with E-state index in [4.69, 9.17) is 26.3 Å². The van der Waals surface area contributed by atoms with Gasteiger partial charge in [-0.2, -0.15) is 5.26 Å². The fraction of sp³-hybridized carbons (Fsp3) is 0.686. The predicted octanol–water partition coefficient (Wildman–Crippen LogP) is 7.02. The summed E-state index contributed by atoms with van der Waals surface area (Å²) in [4.78, 5) is 14.1. The van der Waals surface area contributed by atoms with E-state index in [-0.39, 0.29) is 5.56 Å². The van der Waals surface area contributed by atoms with Crippen molar-refractivity contribution in [2.75, 3.05) is 0 Å². The van der Waals surface area contributed by atoms with Crippen LogP contribution >= 0.6 is 11.6 Å². The zero-order valence-electron chi connectivity index (χ0n) is 23.4. The van der Waals surface area contributed by atoms with E-state index < -0.39 is 5.97 Å². The first-order valence-corrected chi connectivity index (χ1v) is 16.6. The van der Waals surface area contributed by atoms with Gasteiger partial charge in [0.05, 0.1) is 30.0 Å². The highest BCUT2D eigenvalue weighted by Crippen LogP contribution is 2.71. The molecule has 6 heteroatoms. The quantitative estimate of drug-likeness (QED) is 0.128. The highest BCUT2D eigenvalue weighted by atomic mass is 35.5. The topological polar surface area (TPSA) is 71.6 Å². The number of ether oxygens (including phenoxy) is 2. The van der Waals surface area contributed by atoms with Gasteiger partial charge in [-0.3, -0.25) is 4.89 Å². The van der Waals surface area contributed by atoms with E-state index in [9.17, 15) is 4.79 Å². The molecule has 216 valence electrons. The molecule has 1 aromatic carbocycles. The van der Waals surface area contributed by atoms with Crippen LogP contribution in [-0.2, 0) is 14.4 Å². The third-order valence-corrected chi connectivity index (χ3v) is 13.7. The maximum Gasteiger partial charge on any atom is 0.372 e. The molecule has 0 amide bonds. The average Bonchev–Trinajstić information content (AvgIpc) is 3.46. The van der Waals surface area contributed by atoms with Crippen molar-refractivity contribution >= 4 is 17.6 Å². The largest absolute Gasteiger partial charge is 0.372 e. The maximum absolute atomic E-state index is 10.6. The van der Waals surface area contributed by atoms with Crippen LogP contribution in [0.2, 0.25) is 5.02 Å². The Morgan fingerprint density at radius 1 is 0.805 bits per heavy atom. The number of rotatable bonds is 1. The van der Waals surface area contributed by atoms with Crippen molar-refractivity contribution in [2.24, 2.45) is 71.0 Å². The Morgan fingerprint density at radius 3 is 2.24 bits per heavy atom. The fourth-order valence-electron chi connectivity index (χ4n) is 12.0. The lowest BCUT2D eigenvalue weighted by molar-refractivity contribution is -0.182. The number of hydrogen-bond acceptors (Lipinski definition) is 5. The molecule has 8 fully saturated rings. The van der Waals surface area contributed by atoms with Gasteiger partial charge in [0, 0.05) is 16.9 Å². The number of epoxide rings is 2. The predicted molar refractivity (Wildman–Crippen MR) is 153 cm³/mol. The molecule has 0 aromatic heterocycles. The van der Waals surface area contributed by atoms with Crippen LogP contribution in [-0.4, -0.2) is 35.6 Å². The van der Waals surface area contributed by atoms with Gasteiger partial charge in [0.25, 0.3) is 0 Å². The van der Waals surface area contributed by atoms with Crippen LogP contribution in [0.1, 0.15) is 61.7 Å². The average molecular weight is 576 g/mol. The molecule has 8 aliphatic carbocycles. The van der Waals surface area contributed by atoms with Crippen LogP contribution in [0.25, 0.3) is 0 Å². The van der Waals surface area contributed by atoms with Crippen molar-refractivity contribution in [1.29, 1.82) is 0 Å². The number of halogens is 1. The van der Waals surface area contributed by atoms with E-state index in [1.807, 2.05) is 0 Å². The van der Waals surface area contributed by atoms with E-state index in [1.165, 1.54) is 50.7 Å². The minimum absolute atomic E-state index is 0.222. The number of carbonyl (C=O) groups excluding carboxylic acids is 1. The summed E-state index contributed by atoms with van der Waals surface area (Å²) in [6.07, 6.45) is 24.9. The van der Waals surface area contributed by atoms with Crippen LogP contribution in [0.4, 0.5) is 0 Å². The van der Waals surface area contributed by atoms with Gasteiger partial charge in [-0.25, -0.2) is 4.79 Å². The molecule has 11 rings (SSSR count). The molecule has 2 aliphatic heterocycles. The van der Waals surface area contributed by atoms with Crippen molar-refractivity contribution in [3.8, 4) is 0 Å². The van der Waals surface area contributed by atoms with E-state index in [2.05, 4.69) is 29.2 Å². The lowest BCUT2D eigenvalue weighted by Crippen LogP contribution is -2.38. The fourth-order valence-corrected chi connectivity index (χ4v) is 12.2. The molecule has 5 nitrogen and oxygen atoms in total. The van der Waals surface area contributed by atoms with Gasteiger partial charge in [0.2, 0.25) is 6.08 Å². The molecule has 2 heterocycles. The van der Waals surface area contributed by atoms with Gasteiger partial charge in [0.15, 0.2) is 12.5 Å². The van der Waals surface area contributed by atoms with Crippen molar-refractivity contribution in [1.82, 2.24) is 0 Å². The van der Waals surface area contributed by atoms with Crippen molar-refractivity contribution < 1.29 is 24.4 Å². The van der Waals surface area contributed by atoms with Crippen LogP contribution in [0.15, 0.2) is 42.5 Å². The first-order valence-electron chi connectivity index (χ1n) is 16.2. The summed E-state index contributed by atoms with van der Waals surface area (Å²) in [7, 11) is 0. The van der Waals surface area contributed by atoms with E-state index in [0.717, 1.165) is 71.0 Å². The second kappa shape index (κ2) is 9.63. The Hall–Kier alpha value is -1.75. The molecule has 0 radical (unpaired) electrons. The molecule has 1 aromatic rings. The number of benzene rings is 1. The first-order chi connectivity index (χ1) is 20.1. The minimum atomic E-state index is -0.813. The van der Waals surface area contributed by atoms with E-state index >= 15 is 0 Å². The molecule has 0 spiro atoms. The van der Waals surface area contributed by atoms with Crippen molar-refractivity contribution in [2.45, 2.75) is 75.8 Å². The number of hydrogen-bond donors (Lipinski definition) is 1. The van der Waals surface area contributed by atoms with Gasteiger partial charge in [0.1, 0.15) is 0 Å². The Kier molecular flexibility index (Phi) is 6.04. The summed E-state index contributed by atoms with van der Waals surface area (Å²) in [5.74, 6) is 11.5. The first kappa shape index (κ1) is 25.7. The molecular formula is C35H40ClO5+. The zero-order valence-corrected chi connectivity index (χ0v) is 24.2. The normalized spacial score (nSPS) is 51.9. The van der Waals surface area contributed by atoms with Crippen molar-refractivity contribution in [3.05, 3.63) is 59.2 Å². The van der Waals surface area contributed by atoms with Gasteiger partial charge in [-0.15, -0.1) is 0 Å². The summed E-state index contributed by atoms with van der Waals surface area (Å²) in [6, 6.07) is 6.11. The van der Waals surface area contributed by atoms with E-state index in [1.54, 1.807) is 25.0 Å². The highest BCUT2D eigenvalue weighted by Gasteiger charge is 2.71. The van der Waals surface area contributed by atoms with E-state index in [0.29, 0.717) is 29.4 Å². The molecule has 10 aliphatic rings. The third kappa shape index (κ3) is 4.06. The molecule has 16 atom stereocenters. The Bertz CT molecular complexity index is 1270. The lowest BCUT2D eigenvalue weighted by atomic mass is 9.64. The molecule has 4 bridgehead atoms. The van der Waals surface area contributed by atoms with Crippen LogP contribution < -0.4 is 0 Å². The summed E-state index contributed by atoms with van der Waals surface area (Å²) in [5.41, 5.74) is 0.222. The van der Waals surface area contributed by atoms with Crippen LogP contribution in [0.3, 0.4) is 0 Å². The van der Waals surface area contributed by atoms with Gasteiger partial charge in [-0.1, -0.05) is 29.8 Å². The summed E-state index contributed by atoms with van der Waals surface area (Å²) in [5, 5.41) is 8.41. The third-order valence-electron chi connectivity index (χ3n) is 13.5. The smallest absolute Gasteiger partial charge is 0.370 e. The van der Waals surface area contributed by atoms with Gasteiger partial charge >= 0.3 is 5.97 Å². The standard InChI is InChI=1S/C14H18O2.C14H17.C7H5ClO3/c1-5-6-2-10-11(15-10)3-7(6)8(1)13-9(5)4-12-14(13)16-12;1-2-5-10-9(4-1)13-8-14(10)12-7-3-6-11(12)13;8-6-3-1-2-5(4-6)7(9)11-10/h5-14H,1-4H2;1-2,6,9-14H,4-5,7-8H2;1-4,10H/q;+1;. The molecule has 2 saturated heterocycles. The van der Waals surface area contributed by atoms with Crippen molar-refractivity contribution in [3.63, 3.8) is 0 Å². The maximum atomic E-state index is 10.6. The Balaban J connectivity index is 0.0000000900. The second-order valence-corrected chi connectivity index (χ2v) is 15.2. The number of allylic oxidation sites excluding steroid dienone is 4. The zero-order chi connectivity index (χ0) is 27.4. The van der Waals surface area contributed by atoms with Gasteiger partial charge in [-0.05, 0) is 122 Å². The Morgan fingerprint density at radius 2 is 1.46 bits per heavy atom. The van der Waals surface area contributed by atoms with Gasteiger partial charge < -0.3 is 9.47 Å². The summed E-state index contributed by atoms with van der Waals surface area (Å²) >= 11 is 5.56.